The van der Waals surface area contributed by atoms with Crippen molar-refractivity contribution in [2.75, 3.05) is 11.9 Å². The number of esters is 1. The van der Waals surface area contributed by atoms with E-state index < -0.39 is 5.97 Å². The molecule has 0 bridgehead atoms. The van der Waals surface area contributed by atoms with Crippen molar-refractivity contribution in [2.24, 2.45) is 0 Å². The average Bonchev–Trinajstić information content (AvgIpc) is 2.95. The lowest BCUT2D eigenvalue weighted by Gasteiger charge is -2.05. The molecule has 0 aliphatic carbocycles. The summed E-state index contributed by atoms with van der Waals surface area (Å²) in [5.74, 6) is -0.191. The molecule has 0 spiro atoms. The van der Waals surface area contributed by atoms with Gasteiger partial charge in [0.2, 0.25) is 5.76 Å². The highest BCUT2D eigenvalue weighted by molar-refractivity contribution is 6.05. The molecule has 3 aromatic heterocycles. The van der Waals surface area contributed by atoms with E-state index in [1.165, 1.54) is 12.4 Å². The molecule has 0 saturated carbocycles. The monoisotopic (exact) mass is 308 g/mol. The molecule has 0 aliphatic rings. The first-order chi connectivity index (χ1) is 11.2. The van der Waals surface area contributed by atoms with Crippen LogP contribution in [0.15, 0.2) is 41.2 Å². The molecule has 1 N–H and O–H groups in total. The molecule has 7 heteroatoms. The zero-order valence-corrected chi connectivity index (χ0v) is 12.2. The van der Waals surface area contributed by atoms with Crippen LogP contribution in [0, 0.1) is 6.57 Å². The SMILES string of the molecule is [C-]#[N+]c1ccc(Nc2c(C(=O)OCC)oc3cnccc23)cn1. The van der Waals surface area contributed by atoms with Crippen molar-refractivity contribution >= 4 is 34.1 Å². The van der Waals surface area contributed by atoms with Crippen molar-refractivity contribution in [3.05, 3.63) is 54.0 Å². The number of ether oxygens (including phenoxy) is 1. The van der Waals surface area contributed by atoms with Crippen LogP contribution >= 0.6 is 0 Å². The lowest BCUT2D eigenvalue weighted by molar-refractivity contribution is 0.0494. The predicted molar refractivity (Wildman–Crippen MR) is 83.7 cm³/mol. The highest BCUT2D eigenvalue weighted by Crippen LogP contribution is 2.33. The van der Waals surface area contributed by atoms with Gasteiger partial charge in [0, 0.05) is 11.6 Å². The lowest BCUT2D eigenvalue weighted by Crippen LogP contribution is -2.06. The first-order valence-electron chi connectivity index (χ1n) is 6.87. The van der Waals surface area contributed by atoms with Crippen LogP contribution in [0.4, 0.5) is 17.2 Å². The molecule has 23 heavy (non-hydrogen) atoms. The predicted octanol–water partition coefficient (Wildman–Crippen LogP) is 3.69. The molecule has 0 fully saturated rings. The van der Waals surface area contributed by atoms with Gasteiger partial charge < -0.3 is 19.3 Å². The molecule has 3 aromatic rings. The van der Waals surface area contributed by atoms with Gasteiger partial charge in [-0.15, -0.1) is 4.98 Å². The van der Waals surface area contributed by atoms with Crippen molar-refractivity contribution in [3.8, 4) is 0 Å². The zero-order chi connectivity index (χ0) is 16.2. The number of pyridine rings is 2. The fourth-order valence-electron chi connectivity index (χ4n) is 2.09. The van der Waals surface area contributed by atoms with Gasteiger partial charge in [-0.05, 0) is 25.1 Å². The van der Waals surface area contributed by atoms with E-state index in [2.05, 4.69) is 20.1 Å². The molecule has 0 saturated heterocycles. The molecular formula is C16H12N4O3. The van der Waals surface area contributed by atoms with Gasteiger partial charge in [0.05, 0.1) is 18.5 Å². The van der Waals surface area contributed by atoms with Gasteiger partial charge >= 0.3 is 5.97 Å². The summed E-state index contributed by atoms with van der Waals surface area (Å²) in [6.45, 7) is 8.88. The molecule has 0 unspecified atom stereocenters. The first-order valence-corrected chi connectivity index (χ1v) is 6.87. The van der Waals surface area contributed by atoms with Crippen molar-refractivity contribution in [3.63, 3.8) is 0 Å². The van der Waals surface area contributed by atoms with Gasteiger partial charge in [0.15, 0.2) is 5.58 Å². The Bertz CT molecular complexity index is 894. The summed E-state index contributed by atoms with van der Waals surface area (Å²) in [7, 11) is 0. The van der Waals surface area contributed by atoms with E-state index in [9.17, 15) is 4.79 Å². The van der Waals surface area contributed by atoms with Gasteiger partial charge in [-0.2, -0.15) is 0 Å². The summed E-state index contributed by atoms with van der Waals surface area (Å²) in [6, 6.07) is 5.03. The third-order valence-electron chi connectivity index (χ3n) is 3.09. The molecule has 0 aromatic carbocycles. The summed E-state index contributed by atoms with van der Waals surface area (Å²) in [5.41, 5.74) is 1.59. The molecule has 114 valence electrons. The molecule has 0 aliphatic heterocycles. The highest BCUT2D eigenvalue weighted by Gasteiger charge is 2.22. The largest absolute Gasteiger partial charge is 0.460 e. The Labute approximate surface area is 131 Å². The van der Waals surface area contributed by atoms with Crippen LogP contribution < -0.4 is 5.32 Å². The van der Waals surface area contributed by atoms with Crippen LogP contribution in [0.1, 0.15) is 17.5 Å². The van der Waals surface area contributed by atoms with E-state index in [-0.39, 0.29) is 12.4 Å². The van der Waals surface area contributed by atoms with E-state index in [0.29, 0.717) is 28.2 Å². The normalized spacial score (nSPS) is 10.3. The topological polar surface area (TPSA) is 81.6 Å². The maximum Gasteiger partial charge on any atom is 0.376 e. The minimum absolute atomic E-state index is 0.0732. The molecule has 3 heterocycles. The van der Waals surface area contributed by atoms with Gasteiger partial charge in [-0.1, -0.05) is 6.57 Å². The second-order valence-corrected chi connectivity index (χ2v) is 4.54. The number of hydrogen-bond acceptors (Lipinski definition) is 6. The number of carbonyl (C=O) groups is 1. The molecular weight excluding hydrogens is 296 g/mol. The van der Waals surface area contributed by atoms with Crippen molar-refractivity contribution in [1.29, 1.82) is 0 Å². The number of rotatable bonds is 4. The Morgan fingerprint density at radius 1 is 1.39 bits per heavy atom. The molecule has 0 atom stereocenters. The Hall–Kier alpha value is -3.40. The van der Waals surface area contributed by atoms with Crippen molar-refractivity contribution in [1.82, 2.24) is 9.97 Å². The number of hydrogen-bond donors (Lipinski definition) is 1. The van der Waals surface area contributed by atoms with Crippen LogP contribution in [0.2, 0.25) is 0 Å². The van der Waals surface area contributed by atoms with Crippen molar-refractivity contribution < 1.29 is 13.9 Å². The third-order valence-corrected chi connectivity index (χ3v) is 3.09. The third kappa shape index (κ3) is 2.82. The van der Waals surface area contributed by atoms with Crippen LogP contribution in [0.5, 0.6) is 0 Å². The van der Waals surface area contributed by atoms with E-state index in [1.54, 1.807) is 31.3 Å². The summed E-state index contributed by atoms with van der Waals surface area (Å²) in [5, 5.41) is 3.80. The standard InChI is InChI=1S/C16H12N4O3/c1-3-22-16(21)15-14(11-6-7-18-9-12(11)23-15)20-10-4-5-13(17-2)19-8-10/h4-9,20H,3H2,1H3. The Balaban J connectivity index is 2.04. The minimum Gasteiger partial charge on any atom is -0.460 e. The maximum absolute atomic E-state index is 12.1. The highest BCUT2D eigenvalue weighted by atomic mass is 16.5. The van der Waals surface area contributed by atoms with Gasteiger partial charge in [0.25, 0.3) is 5.82 Å². The van der Waals surface area contributed by atoms with E-state index in [4.69, 9.17) is 15.7 Å². The Morgan fingerprint density at radius 3 is 2.96 bits per heavy atom. The number of carbonyl (C=O) groups excluding carboxylic acids is 1. The lowest BCUT2D eigenvalue weighted by atomic mass is 10.2. The number of nitrogens with one attached hydrogen (secondary N) is 1. The Kier molecular flexibility index (Phi) is 3.89. The molecule has 7 nitrogen and oxygen atoms in total. The fraction of sp³-hybridized carbons (Fsp3) is 0.125. The fourth-order valence-corrected chi connectivity index (χ4v) is 2.09. The van der Waals surface area contributed by atoms with Crippen LogP contribution in [-0.4, -0.2) is 22.5 Å². The molecule has 0 radical (unpaired) electrons. The Morgan fingerprint density at radius 2 is 2.26 bits per heavy atom. The number of anilines is 2. The van der Waals surface area contributed by atoms with Crippen molar-refractivity contribution in [2.45, 2.75) is 6.92 Å². The van der Waals surface area contributed by atoms with E-state index in [1.807, 2.05) is 0 Å². The van der Waals surface area contributed by atoms with Gasteiger partial charge in [-0.3, -0.25) is 4.98 Å². The smallest absolute Gasteiger partial charge is 0.376 e. The van der Waals surface area contributed by atoms with Gasteiger partial charge in [-0.25, -0.2) is 4.79 Å². The average molecular weight is 308 g/mol. The summed E-state index contributed by atoms with van der Waals surface area (Å²) < 4.78 is 10.6. The summed E-state index contributed by atoms with van der Waals surface area (Å²) in [6.07, 6.45) is 4.66. The number of fused-ring (bicyclic) bond motifs is 1. The number of furan rings is 1. The number of nitrogens with zero attached hydrogens (tertiary/aromatic N) is 3. The molecule has 0 amide bonds. The van der Waals surface area contributed by atoms with E-state index in [0.717, 1.165) is 0 Å². The quantitative estimate of drug-likeness (QED) is 0.584. The minimum atomic E-state index is -0.558. The molecule has 3 rings (SSSR count). The van der Waals surface area contributed by atoms with E-state index >= 15 is 0 Å². The van der Waals surface area contributed by atoms with Crippen LogP contribution in [-0.2, 0) is 4.74 Å². The zero-order valence-electron chi connectivity index (χ0n) is 12.2. The van der Waals surface area contributed by atoms with Gasteiger partial charge in [0.1, 0.15) is 11.9 Å². The summed E-state index contributed by atoms with van der Waals surface area (Å²) >= 11 is 0. The first kappa shape index (κ1) is 14.5. The van der Waals surface area contributed by atoms with Crippen LogP contribution in [0.25, 0.3) is 15.8 Å². The number of aromatic nitrogens is 2. The maximum atomic E-state index is 12.1. The van der Waals surface area contributed by atoms with Crippen LogP contribution in [0.3, 0.4) is 0 Å². The second kappa shape index (κ2) is 6.15. The second-order valence-electron chi connectivity index (χ2n) is 4.54. The summed E-state index contributed by atoms with van der Waals surface area (Å²) in [4.78, 5) is 23.3.